The lowest BCUT2D eigenvalue weighted by atomic mass is 10.0. The van der Waals surface area contributed by atoms with Crippen LogP contribution < -0.4 is 5.32 Å². The fourth-order valence-corrected chi connectivity index (χ4v) is 2.79. The molecule has 0 radical (unpaired) electrons. The number of nitrogens with one attached hydrogen (secondary N) is 1. The third kappa shape index (κ3) is 5.08. The van der Waals surface area contributed by atoms with Crippen LogP contribution >= 0.6 is 0 Å². The third-order valence-corrected chi connectivity index (χ3v) is 4.26. The number of carbonyl (C=O) groups is 3. The molecule has 1 aromatic heterocycles. The summed E-state index contributed by atoms with van der Waals surface area (Å²) >= 11 is 0. The first-order chi connectivity index (χ1) is 11.9. The van der Waals surface area contributed by atoms with E-state index in [0.717, 1.165) is 19.3 Å². The van der Waals surface area contributed by atoms with Crippen molar-refractivity contribution >= 4 is 17.8 Å². The molecule has 2 heterocycles. The van der Waals surface area contributed by atoms with Crippen LogP contribution in [0.1, 0.15) is 50.6 Å². The molecular weight excluding hydrogens is 324 g/mol. The van der Waals surface area contributed by atoms with E-state index >= 15 is 0 Å². The Bertz CT molecular complexity index is 591. The summed E-state index contributed by atoms with van der Waals surface area (Å²) in [4.78, 5) is 38.7. The highest BCUT2D eigenvalue weighted by molar-refractivity contribution is 5.95. The van der Waals surface area contributed by atoms with Crippen molar-refractivity contribution in [3.63, 3.8) is 0 Å². The molecule has 7 heteroatoms. The molecule has 2 atom stereocenters. The average Bonchev–Trinajstić information content (AvgIpc) is 3.13. The predicted molar refractivity (Wildman–Crippen MR) is 90.8 cm³/mol. The number of carbonyl (C=O) groups excluding carboxylic acids is 3. The van der Waals surface area contributed by atoms with E-state index in [2.05, 4.69) is 5.32 Å². The second kappa shape index (κ2) is 8.69. The van der Waals surface area contributed by atoms with Crippen LogP contribution in [0.5, 0.6) is 0 Å². The molecular formula is C18H26N2O5. The van der Waals surface area contributed by atoms with E-state index in [4.69, 9.17) is 9.15 Å². The first-order valence-electron chi connectivity index (χ1n) is 8.73. The van der Waals surface area contributed by atoms with Gasteiger partial charge in [-0.15, -0.1) is 0 Å². The number of amides is 2. The lowest BCUT2D eigenvalue weighted by molar-refractivity contribution is -0.161. The van der Waals surface area contributed by atoms with Gasteiger partial charge < -0.3 is 19.4 Å². The summed E-state index contributed by atoms with van der Waals surface area (Å²) in [7, 11) is 0. The molecule has 0 saturated carbocycles. The standard InChI is InChI=1S/C18H26N2O5/c1-12(2)15(19-16(21)14-8-7-11-24-14)18(23)25-13(3)17(22)20-9-5-4-6-10-20/h7-8,11-13,15H,4-6,9-10H2,1-3H3,(H,19,21)/t13-,15-/m1/s1. The van der Waals surface area contributed by atoms with Gasteiger partial charge in [-0.1, -0.05) is 13.8 Å². The molecule has 1 N–H and O–H groups in total. The molecule has 2 rings (SSSR count). The smallest absolute Gasteiger partial charge is 0.329 e. The van der Waals surface area contributed by atoms with E-state index in [1.54, 1.807) is 31.7 Å². The van der Waals surface area contributed by atoms with Crippen molar-refractivity contribution in [2.75, 3.05) is 13.1 Å². The van der Waals surface area contributed by atoms with Gasteiger partial charge in [-0.3, -0.25) is 9.59 Å². The second-order valence-electron chi connectivity index (χ2n) is 6.64. The van der Waals surface area contributed by atoms with Crippen LogP contribution in [0.4, 0.5) is 0 Å². The molecule has 0 bridgehead atoms. The van der Waals surface area contributed by atoms with Crippen LogP contribution in [0.2, 0.25) is 0 Å². The van der Waals surface area contributed by atoms with Crippen LogP contribution in [0, 0.1) is 5.92 Å². The summed E-state index contributed by atoms with van der Waals surface area (Å²) in [5.41, 5.74) is 0. The van der Waals surface area contributed by atoms with Crippen LogP contribution in [0.3, 0.4) is 0 Å². The third-order valence-electron chi connectivity index (χ3n) is 4.26. The summed E-state index contributed by atoms with van der Waals surface area (Å²) in [5.74, 6) is -1.36. The second-order valence-corrected chi connectivity index (χ2v) is 6.64. The van der Waals surface area contributed by atoms with Crippen molar-refractivity contribution in [2.45, 2.75) is 52.2 Å². The maximum absolute atomic E-state index is 12.4. The van der Waals surface area contributed by atoms with E-state index in [9.17, 15) is 14.4 Å². The van der Waals surface area contributed by atoms with Crippen molar-refractivity contribution in [1.82, 2.24) is 10.2 Å². The van der Waals surface area contributed by atoms with E-state index in [1.807, 2.05) is 0 Å². The SMILES string of the molecule is CC(C)[C@@H](NC(=O)c1ccco1)C(=O)O[C@H](C)C(=O)N1CCCCC1. The average molecular weight is 350 g/mol. The van der Waals surface area contributed by atoms with Crippen molar-refractivity contribution in [2.24, 2.45) is 5.92 Å². The number of hydrogen-bond acceptors (Lipinski definition) is 5. The Morgan fingerprint density at radius 1 is 1.16 bits per heavy atom. The topological polar surface area (TPSA) is 88.9 Å². The van der Waals surface area contributed by atoms with Crippen molar-refractivity contribution in [1.29, 1.82) is 0 Å². The molecule has 0 unspecified atom stereocenters. The van der Waals surface area contributed by atoms with Gasteiger partial charge in [-0.05, 0) is 44.2 Å². The maximum atomic E-state index is 12.4. The van der Waals surface area contributed by atoms with Gasteiger partial charge >= 0.3 is 5.97 Å². The zero-order valence-electron chi connectivity index (χ0n) is 15.0. The molecule has 1 fully saturated rings. The highest BCUT2D eigenvalue weighted by atomic mass is 16.5. The summed E-state index contributed by atoms with van der Waals surface area (Å²) in [5, 5.41) is 2.61. The van der Waals surface area contributed by atoms with E-state index in [-0.39, 0.29) is 17.6 Å². The van der Waals surface area contributed by atoms with E-state index < -0.39 is 24.0 Å². The van der Waals surface area contributed by atoms with E-state index in [1.165, 1.54) is 12.3 Å². The number of furan rings is 1. The fraction of sp³-hybridized carbons (Fsp3) is 0.611. The van der Waals surface area contributed by atoms with Crippen LogP contribution in [-0.4, -0.2) is 47.9 Å². The van der Waals surface area contributed by atoms with Gasteiger partial charge in [0, 0.05) is 13.1 Å². The highest BCUT2D eigenvalue weighted by Crippen LogP contribution is 2.13. The largest absolute Gasteiger partial charge is 0.459 e. The molecule has 2 amide bonds. The zero-order chi connectivity index (χ0) is 18.4. The summed E-state index contributed by atoms with van der Waals surface area (Å²) in [6, 6.07) is 2.26. The Morgan fingerprint density at radius 2 is 1.84 bits per heavy atom. The Hall–Kier alpha value is -2.31. The first kappa shape index (κ1) is 19.0. The van der Waals surface area contributed by atoms with Gasteiger partial charge in [-0.25, -0.2) is 4.79 Å². The van der Waals surface area contributed by atoms with Gasteiger partial charge in [0.25, 0.3) is 11.8 Å². The number of esters is 1. The molecule has 25 heavy (non-hydrogen) atoms. The first-order valence-corrected chi connectivity index (χ1v) is 8.73. The Morgan fingerprint density at radius 3 is 2.40 bits per heavy atom. The van der Waals surface area contributed by atoms with Gasteiger partial charge in [0.15, 0.2) is 11.9 Å². The van der Waals surface area contributed by atoms with Gasteiger partial charge in [0.1, 0.15) is 6.04 Å². The molecule has 7 nitrogen and oxygen atoms in total. The summed E-state index contributed by atoms with van der Waals surface area (Å²) in [6.45, 7) is 6.56. The minimum absolute atomic E-state index is 0.121. The fourth-order valence-electron chi connectivity index (χ4n) is 2.79. The summed E-state index contributed by atoms with van der Waals surface area (Å²) < 4.78 is 10.4. The lowest BCUT2D eigenvalue weighted by Crippen LogP contribution is -2.48. The van der Waals surface area contributed by atoms with Gasteiger partial charge in [-0.2, -0.15) is 0 Å². The maximum Gasteiger partial charge on any atom is 0.329 e. The Labute approximate surface area is 147 Å². The quantitative estimate of drug-likeness (QED) is 0.793. The molecule has 138 valence electrons. The molecule has 1 aromatic rings. The lowest BCUT2D eigenvalue weighted by Gasteiger charge is -2.30. The Kier molecular flexibility index (Phi) is 6.61. The zero-order valence-corrected chi connectivity index (χ0v) is 15.0. The van der Waals surface area contributed by atoms with E-state index in [0.29, 0.717) is 13.1 Å². The minimum atomic E-state index is -0.868. The molecule has 1 saturated heterocycles. The number of ether oxygens (including phenoxy) is 1. The minimum Gasteiger partial charge on any atom is -0.459 e. The van der Waals surface area contributed by atoms with Crippen molar-refractivity contribution in [3.05, 3.63) is 24.2 Å². The normalized spacial score (nSPS) is 17.0. The number of nitrogens with zero attached hydrogens (tertiary/aromatic N) is 1. The molecule has 0 aromatic carbocycles. The summed E-state index contributed by atoms with van der Waals surface area (Å²) in [6.07, 6.45) is 3.58. The predicted octanol–water partition coefficient (Wildman–Crippen LogP) is 1.98. The van der Waals surface area contributed by atoms with Crippen molar-refractivity contribution in [3.8, 4) is 0 Å². The van der Waals surface area contributed by atoms with Crippen molar-refractivity contribution < 1.29 is 23.5 Å². The van der Waals surface area contributed by atoms with Gasteiger partial charge in [0.05, 0.1) is 6.26 Å². The molecule has 1 aliphatic heterocycles. The number of rotatable bonds is 6. The van der Waals surface area contributed by atoms with Gasteiger partial charge in [0.2, 0.25) is 0 Å². The van der Waals surface area contributed by atoms with Crippen LogP contribution in [0.25, 0.3) is 0 Å². The monoisotopic (exact) mass is 350 g/mol. The number of hydrogen-bond donors (Lipinski definition) is 1. The van der Waals surface area contributed by atoms with Crippen LogP contribution in [-0.2, 0) is 14.3 Å². The highest BCUT2D eigenvalue weighted by Gasteiger charge is 2.31. The van der Waals surface area contributed by atoms with Crippen LogP contribution in [0.15, 0.2) is 22.8 Å². The Balaban J connectivity index is 1.94. The number of piperidine rings is 1. The molecule has 0 aliphatic carbocycles. The molecule has 1 aliphatic rings. The molecule has 0 spiro atoms. The number of likely N-dealkylation sites (tertiary alicyclic amines) is 1.